The molecule has 2 nitrogen and oxygen atoms in total. The van der Waals surface area contributed by atoms with E-state index in [9.17, 15) is 8.78 Å². The van der Waals surface area contributed by atoms with Gasteiger partial charge < -0.3 is 9.84 Å². The third-order valence-corrected chi connectivity index (χ3v) is 1.90. The average Bonchev–Trinajstić information content (AvgIpc) is 2.14. The SMILES string of the molecule is COCc1cc(F)c(CCO)cc1F. The molecule has 0 radical (unpaired) electrons. The van der Waals surface area contributed by atoms with Crippen LogP contribution in [-0.4, -0.2) is 18.8 Å². The summed E-state index contributed by atoms with van der Waals surface area (Å²) >= 11 is 0. The highest BCUT2D eigenvalue weighted by molar-refractivity contribution is 5.26. The molecule has 1 aromatic rings. The van der Waals surface area contributed by atoms with E-state index in [1.54, 1.807) is 0 Å². The highest BCUT2D eigenvalue weighted by atomic mass is 19.1. The molecule has 0 bridgehead atoms. The summed E-state index contributed by atoms with van der Waals surface area (Å²) in [6.45, 7) is -0.151. The zero-order valence-electron chi connectivity index (χ0n) is 7.89. The molecule has 78 valence electrons. The predicted octanol–water partition coefficient (Wildman–Crippen LogP) is 1.65. The van der Waals surface area contributed by atoms with Crippen LogP contribution in [0.2, 0.25) is 0 Å². The molecule has 0 aromatic heterocycles. The number of aliphatic hydroxyl groups excluding tert-OH is 1. The van der Waals surface area contributed by atoms with E-state index in [-0.39, 0.29) is 30.8 Å². The Morgan fingerprint density at radius 2 is 1.79 bits per heavy atom. The van der Waals surface area contributed by atoms with Crippen molar-refractivity contribution in [3.8, 4) is 0 Å². The topological polar surface area (TPSA) is 29.5 Å². The summed E-state index contributed by atoms with van der Waals surface area (Å²) in [5.74, 6) is -1.01. The van der Waals surface area contributed by atoms with Crippen LogP contribution in [0, 0.1) is 11.6 Å². The molecule has 1 aromatic carbocycles. The van der Waals surface area contributed by atoms with Gasteiger partial charge in [-0.2, -0.15) is 0 Å². The summed E-state index contributed by atoms with van der Waals surface area (Å²) in [6, 6.07) is 2.20. The number of benzene rings is 1. The van der Waals surface area contributed by atoms with Gasteiger partial charge in [0.1, 0.15) is 11.6 Å². The molecule has 0 aliphatic carbocycles. The number of aliphatic hydroxyl groups is 1. The van der Waals surface area contributed by atoms with Crippen LogP contribution in [0.5, 0.6) is 0 Å². The van der Waals surface area contributed by atoms with Crippen molar-refractivity contribution in [3.63, 3.8) is 0 Å². The normalized spacial score (nSPS) is 10.6. The monoisotopic (exact) mass is 202 g/mol. The second-order valence-electron chi connectivity index (χ2n) is 2.94. The predicted molar refractivity (Wildman–Crippen MR) is 47.9 cm³/mol. The van der Waals surface area contributed by atoms with Gasteiger partial charge in [-0.25, -0.2) is 8.78 Å². The highest BCUT2D eigenvalue weighted by Crippen LogP contribution is 2.16. The molecule has 0 unspecified atom stereocenters. The smallest absolute Gasteiger partial charge is 0.129 e. The quantitative estimate of drug-likeness (QED) is 0.804. The Morgan fingerprint density at radius 3 is 2.36 bits per heavy atom. The maximum atomic E-state index is 13.2. The van der Waals surface area contributed by atoms with E-state index in [0.717, 1.165) is 12.1 Å². The number of ether oxygens (including phenoxy) is 1. The van der Waals surface area contributed by atoms with Crippen molar-refractivity contribution in [2.45, 2.75) is 13.0 Å². The first-order valence-corrected chi connectivity index (χ1v) is 4.25. The average molecular weight is 202 g/mol. The van der Waals surface area contributed by atoms with Gasteiger partial charge in [0.25, 0.3) is 0 Å². The maximum absolute atomic E-state index is 13.2. The number of rotatable bonds is 4. The lowest BCUT2D eigenvalue weighted by Crippen LogP contribution is -2.00. The molecule has 0 spiro atoms. The van der Waals surface area contributed by atoms with Gasteiger partial charge in [0.05, 0.1) is 6.61 Å². The first kappa shape index (κ1) is 11.1. The van der Waals surface area contributed by atoms with Crippen molar-refractivity contribution in [2.75, 3.05) is 13.7 Å². The zero-order valence-corrected chi connectivity index (χ0v) is 7.89. The van der Waals surface area contributed by atoms with Crippen LogP contribution in [0.25, 0.3) is 0 Å². The fraction of sp³-hybridized carbons (Fsp3) is 0.400. The molecular formula is C10H12F2O2. The third kappa shape index (κ3) is 2.49. The van der Waals surface area contributed by atoms with E-state index in [1.807, 2.05) is 0 Å². The van der Waals surface area contributed by atoms with Crippen molar-refractivity contribution in [2.24, 2.45) is 0 Å². The number of halogens is 2. The molecule has 0 fully saturated rings. The number of methoxy groups -OCH3 is 1. The molecule has 0 amide bonds. The third-order valence-electron chi connectivity index (χ3n) is 1.90. The number of hydrogen-bond donors (Lipinski definition) is 1. The minimum atomic E-state index is -0.507. The van der Waals surface area contributed by atoms with Crippen LogP contribution in [0.4, 0.5) is 8.78 Å². The zero-order chi connectivity index (χ0) is 10.6. The first-order chi connectivity index (χ1) is 6.69. The Balaban J connectivity index is 2.97. The lowest BCUT2D eigenvalue weighted by molar-refractivity contribution is 0.181. The number of hydrogen-bond acceptors (Lipinski definition) is 2. The molecule has 0 aliphatic heterocycles. The minimum absolute atomic E-state index is 0.0438. The van der Waals surface area contributed by atoms with Gasteiger partial charge in [0.2, 0.25) is 0 Å². The van der Waals surface area contributed by atoms with Gasteiger partial charge in [0.15, 0.2) is 0 Å². The Hall–Kier alpha value is -1.00. The van der Waals surface area contributed by atoms with E-state index in [1.165, 1.54) is 7.11 Å². The van der Waals surface area contributed by atoms with Gasteiger partial charge in [-0.3, -0.25) is 0 Å². The second-order valence-corrected chi connectivity index (χ2v) is 2.94. The van der Waals surface area contributed by atoms with Crippen LogP contribution >= 0.6 is 0 Å². The van der Waals surface area contributed by atoms with Gasteiger partial charge >= 0.3 is 0 Å². The van der Waals surface area contributed by atoms with E-state index >= 15 is 0 Å². The molecule has 0 saturated carbocycles. The van der Waals surface area contributed by atoms with Crippen molar-refractivity contribution in [1.82, 2.24) is 0 Å². The van der Waals surface area contributed by atoms with Gasteiger partial charge in [-0.1, -0.05) is 0 Å². The first-order valence-electron chi connectivity index (χ1n) is 4.25. The van der Waals surface area contributed by atoms with Gasteiger partial charge in [0, 0.05) is 19.3 Å². The molecular weight excluding hydrogens is 190 g/mol. The van der Waals surface area contributed by atoms with Crippen LogP contribution in [0.15, 0.2) is 12.1 Å². The summed E-state index contributed by atoms with van der Waals surface area (Å²) in [7, 11) is 1.42. The van der Waals surface area contributed by atoms with E-state index in [4.69, 9.17) is 9.84 Å². The maximum Gasteiger partial charge on any atom is 0.129 e. The molecule has 1 N–H and O–H groups in total. The minimum Gasteiger partial charge on any atom is -0.396 e. The summed E-state index contributed by atoms with van der Waals surface area (Å²) < 4.78 is 31.1. The van der Waals surface area contributed by atoms with Crippen molar-refractivity contribution < 1.29 is 18.6 Å². The standard InChI is InChI=1S/C10H12F2O2/c1-14-6-8-5-9(11)7(2-3-13)4-10(8)12/h4-5,13H,2-3,6H2,1H3. The summed E-state index contributed by atoms with van der Waals surface area (Å²) in [4.78, 5) is 0. The Kier molecular flexibility index (Phi) is 3.98. The molecule has 0 aliphatic rings. The fourth-order valence-electron chi connectivity index (χ4n) is 1.21. The lowest BCUT2D eigenvalue weighted by atomic mass is 10.1. The van der Waals surface area contributed by atoms with Gasteiger partial charge in [-0.15, -0.1) is 0 Å². The second kappa shape index (κ2) is 5.02. The van der Waals surface area contributed by atoms with Crippen molar-refractivity contribution >= 4 is 0 Å². The Bertz CT molecular complexity index is 281. The van der Waals surface area contributed by atoms with Crippen LogP contribution in [-0.2, 0) is 17.8 Å². The van der Waals surface area contributed by atoms with Crippen LogP contribution in [0.3, 0.4) is 0 Å². The van der Waals surface area contributed by atoms with Crippen molar-refractivity contribution in [1.29, 1.82) is 0 Å². The Morgan fingerprint density at radius 1 is 1.21 bits per heavy atom. The molecule has 4 heteroatoms. The molecule has 14 heavy (non-hydrogen) atoms. The molecule has 0 heterocycles. The summed E-state index contributed by atoms with van der Waals surface area (Å²) in [6.07, 6.45) is 0.121. The molecule has 0 saturated heterocycles. The van der Waals surface area contributed by atoms with E-state index in [0.29, 0.717) is 0 Å². The van der Waals surface area contributed by atoms with Crippen molar-refractivity contribution in [3.05, 3.63) is 34.9 Å². The lowest BCUT2D eigenvalue weighted by Gasteiger charge is -2.06. The Labute approximate surface area is 81.1 Å². The van der Waals surface area contributed by atoms with Crippen LogP contribution in [0.1, 0.15) is 11.1 Å². The largest absolute Gasteiger partial charge is 0.396 e. The van der Waals surface area contributed by atoms with Gasteiger partial charge in [-0.05, 0) is 24.1 Å². The molecule has 1 rings (SSSR count). The highest BCUT2D eigenvalue weighted by Gasteiger charge is 2.09. The van der Waals surface area contributed by atoms with E-state index < -0.39 is 11.6 Å². The summed E-state index contributed by atoms with van der Waals surface area (Å²) in [5, 5.41) is 8.59. The van der Waals surface area contributed by atoms with E-state index in [2.05, 4.69) is 0 Å². The van der Waals surface area contributed by atoms with Crippen LogP contribution < -0.4 is 0 Å². The molecule has 0 atom stereocenters. The fourth-order valence-corrected chi connectivity index (χ4v) is 1.21. The summed E-state index contributed by atoms with van der Waals surface area (Å²) in [5.41, 5.74) is 0.372.